The maximum absolute atomic E-state index is 13.4. The molecule has 2 rings (SSSR count). The fraction of sp³-hybridized carbons (Fsp3) is 0.400. The van der Waals surface area contributed by atoms with Gasteiger partial charge in [-0.2, -0.15) is 0 Å². The van der Waals surface area contributed by atoms with Crippen molar-refractivity contribution in [3.63, 3.8) is 0 Å². The second-order valence-electron chi connectivity index (χ2n) is 5.80. The summed E-state index contributed by atoms with van der Waals surface area (Å²) in [6.45, 7) is 4.42. The zero-order valence-corrected chi connectivity index (χ0v) is 12.9. The number of benzene rings is 1. The summed E-state index contributed by atoms with van der Waals surface area (Å²) in [5.74, 6) is -3.37. The number of halogens is 2. The third-order valence-electron chi connectivity index (χ3n) is 3.52. The average molecular weight is 325 g/mol. The van der Waals surface area contributed by atoms with Gasteiger partial charge in [0.2, 0.25) is 5.91 Å². The van der Waals surface area contributed by atoms with Gasteiger partial charge in [-0.3, -0.25) is 14.5 Å². The highest BCUT2D eigenvalue weighted by molar-refractivity contribution is 6.09. The summed E-state index contributed by atoms with van der Waals surface area (Å²) in [4.78, 5) is 37.0. The third-order valence-corrected chi connectivity index (χ3v) is 3.52. The maximum Gasteiger partial charge on any atom is 0.325 e. The van der Waals surface area contributed by atoms with E-state index in [1.807, 2.05) is 0 Å². The van der Waals surface area contributed by atoms with E-state index >= 15 is 0 Å². The molecule has 0 bridgehead atoms. The number of carbonyl (C=O) groups is 3. The highest BCUT2D eigenvalue weighted by atomic mass is 19.2. The summed E-state index contributed by atoms with van der Waals surface area (Å²) in [6, 6.07) is 2.05. The molecule has 1 aromatic rings. The molecule has 0 aliphatic carbocycles. The van der Waals surface area contributed by atoms with Crippen LogP contribution >= 0.6 is 0 Å². The SMILES string of the molecule is CC(C)NC(=O)CN1C(=O)NC(C)(c2ccc(F)c(F)c2)C1=O. The number of nitrogens with zero attached hydrogens (tertiary/aromatic N) is 1. The normalized spacial score (nSPS) is 20.9. The van der Waals surface area contributed by atoms with Crippen LogP contribution in [-0.4, -0.2) is 35.3 Å². The Morgan fingerprint density at radius 3 is 2.52 bits per heavy atom. The fourth-order valence-corrected chi connectivity index (χ4v) is 2.35. The number of carbonyl (C=O) groups excluding carboxylic acids is 3. The van der Waals surface area contributed by atoms with Crippen molar-refractivity contribution in [2.45, 2.75) is 32.4 Å². The van der Waals surface area contributed by atoms with Gasteiger partial charge in [0, 0.05) is 6.04 Å². The van der Waals surface area contributed by atoms with E-state index in [1.165, 1.54) is 13.0 Å². The van der Waals surface area contributed by atoms with Gasteiger partial charge in [0.05, 0.1) is 0 Å². The van der Waals surface area contributed by atoms with E-state index in [0.29, 0.717) is 0 Å². The predicted molar refractivity (Wildman–Crippen MR) is 77.2 cm³/mol. The molecule has 1 aliphatic heterocycles. The van der Waals surface area contributed by atoms with Crippen LogP contribution in [0, 0.1) is 11.6 Å². The quantitative estimate of drug-likeness (QED) is 0.818. The summed E-state index contributed by atoms with van der Waals surface area (Å²) in [7, 11) is 0. The molecular weight excluding hydrogens is 308 g/mol. The minimum absolute atomic E-state index is 0.0986. The molecule has 23 heavy (non-hydrogen) atoms. The lowest BCUT2D eigenvalue weighted by molar-refractivity contribution is -0.135. The van der Waals surface area contributed by atoms with Gasteiger partial charge in [-0.25, -0.2) is 13.6 Å². The molecule has 1 aromatic carbocycles. The average Bonchev–Trinajstić information content (AvgIpc) is 2.65. The Balaban J connectivity index is 2.25. The van der Waals surface area contributed by atoms with Crippen molar-refractivity contribution in [3.05, 3.63) is 35.4 Å². The zero-order valence-electron chi connectivity index (χ0n) is 12.9. The van der Waals surface area contributed by atoms with Gasteiger partial charge in [0.1, 0.15) is 12.1 Å². The van der Waals surface area contributed by atoms with Crippen LogP contribution in [0.5, 0.6) is 0 Å². The molecule has 1 fully saturated rings. The van der Waals surface area contributed by atoms with Crippen LogP contribution < -0.4 is 10.6 Å². The Labute approximate surface area is 131 Å². The lowest BCUT2D eigenvalue weighted by Gasteiger charge is -2.22. The first-order valence-electron chi connectivity index (χ1n) is 7.04. The molecule has 0 saturated carbocycles. The summed E-state index contributed by atoms with van der Waals surface area (Å²) in [5, 5.41) is 4.99. The van der Waals surface area contributed by atoms with Gasteiger partial charge in [0.15, 0.2) is 11.6 Å². The molecule has 124 valence electrons. The molecule has 6 nitrogen and oxygen atoms in total. The molecule has 1 heterocycles. The molecular formula is C15H17F2N3O3. The molecule has 8 heteroatoms. The van der Waals surface area contributed by atoms with E-state index in [2.05, 4.69) is 10.6 Å². The number of urea groups is 1. The smallest absolute Gasteiger partial charge is 0.325 e. The number of rotatable bonds is 4. The van der Waals surface area contributed by atoms with Crippen molar-refractivity contribution in [2.24, 2.45) is 0 Å². The van der Waals surface area contributed by atoms with E-state index in [-0.39, 0.29) is 11.6 Å². The lowest BCUT2D eigenvalue weighted by Crippen LogP contribution is -2.44. The highest BCUT2D eigenvalue weighted by Gasteiger charge is 2.49. The molecule has 2 N–H and O–H groups in total. The van der Waals surface area contributed by atoms with Crippen LogP contribution in [0.4, 0.5) is 13.6 Å². The minimum atomic E-state index is -1.55. The molecule has 1 unspecified atom stereocenters. The Bertz CT molecular complexity index is 678. The van der Waals surface area contributed by atoms with Crippen LogP contribution in [0.1, 0.15) is 26.3 Å². The Morgan fingerprint density at radius 1 is 1.30 bits per heavy atom. The van der Waals surface area contributed by atoms with Gasteiger partial charge >= 0.3 is 6.03 Å². The van der Waals surface area contributed by atoms with Crippen molar-refractivity contribution in [1.82, 2.24) is 15.5 Å². The van der Waals surface area contributed by atoms with Crippen LogP contribution in [0.25, 0.3) is 0 Å². The molecule has 1 aliphatic rings. The largest absolute Gasteiger partial charge is 0.352 e. The van der Waals surface area contributed by atoms with Crippen LogP contribution in [0.15, 0.2) is 18.2 Å². The zero-order chi connectivity index (χ0) is 17.4. The molecule has 0 radical (unpaired) electrons. The first kappa shape index (κ1) is 16.9. The van der Waals surface area contributed by atoms with Crippen LogP contribution in [-0.2, 0) is 15.1 Å². The molecule has 1 saturated heterocycles. The van der Waals surface area contributed by atoms with Crippen LogP contribution in [0.3, 0.4) is 0 Å². The number of hydrogen-bond donors (Lipinski definition) is 2. The first-order chi connectivity index (χ1) is 10.6. The highest BCUT2D eigenvalue weighted by Crippen LogP contribution is 2.29. The molecule has 4 amide bonds. The van der Waals surface area contributed by atoms with E-state index in [0.717, 1.165) is 17.0 Å². The Kier molecular flexibility index (Phi) is 4.35. The van der Waals surface area contributed by atoms with E-state index in [9.17, 15) is 23.2 Å². The monoisotopic (exact) mass is 325 g/mol. The number of imide groups is 1. The van der Waals surface area contributed by atoms with Gasteiger partial charge in [-0.15, -0.1) is 0 Å². The summed E-state index contributed by atoms with van der Waals surface area (Å²) in [6.07, 6.45) is 0. The van der Waals surface area contributed by atoms with Gasteiger partial charge in [-0.05, 0) is 38.5 Å². The second-order valence-corrected chi connectivity index (χ2v) is 5.80. The van der Waals surface area contributed by atoms with E-state index in [4.69, 9.17) is 0 Å². The Hall–Kier alpha value is -2.51. The van der Waals surface area contributed by atoms with Crippen molar-refractivity contribution >= 4 is 17.8 Å². The van der Waals surface area contributed by atoms with E-state index < -0.39 is 41.6 Å². The molecule has 1 atom stereocenters. The summed E-state index contributed by atoms with van der Waals surface area (Å²) in [5.41, 5.74) is -1.45. The van der Waals surface area contributed by atoms with Crippen LogP contribution in [0.2, 0.25) is 0 Å². The summed E-state index contributed by atoms with van der Waals surface area (Å²) >= 11 is 0. The lowest BCUT2D eigenvalue weighted by atomic mass is 9.92. The number of nitrogens with one attached hydrogen (secondary N) is 2. The summed E-state index contributed by atoms with van der Waals surface area (Å²) < 4.78 is 26.4. The standard InChI is InChI=1S/C15H17F2N3O3/c1-8(2)18-12(21)7-20-13(22)15(3,19-14(20)23)9-4-5-10(16)11(17)6-9/h4-6,8H,7H2,1-3H3,(H,18,21)(H,19,23). The second kappa shape index (κ2) is 5.94. The van der Waals surface area contributed by atoms with Crippen molar-refractivity contribution in [2.75, 3.05) is 6.54 Å². The Morgan fingerprint density at radius 2 is 1.96 bits per heavy atom. The molecule has 0 spiro atoms. The number of amides is 4. The van der Waals surface area contributed by atoms with Gasteiger partial charge < -0.3 is 10.6 Å². The van der Waals surface area contributed by atoms with Gasteiger partial charge in [0.25, 0.3) is 5.91 Å². The predicted octanol–water partition coefficient (Wildman–Crippen LogP) is 1.26. The maximum atomic E-state index is 13.4. The van der Waals surface area contributed by atoms with Crippen molar-refractivity contribution in [3.8, 4) is 0 Å². The first-order valence-corrected chi connectivity index (χ1v) is 7.04. The fourth-order valence-electron chi connectivity index (χ4n) is 2.35. The third kappa shape index (κ3) is 3.15. The van der Waals surface area contributed by atoms with Crippen molar-refractivity contribution in [1.29, 1.82) is 0 Å². The van der Waals surface area contributed by atoms with Crippen molar-refractivity contribution < 1.29 is 23.2 Å². The topological polar surface area (TPSA) is 78.5 Å². The van der Waals surface area contributed by atoms with Gasteiger partial charge in [-0.1, -0.05) is 6.07 Å². The minimum Gasteiger partial charge on any atom is -0.352 e. The van der Waals surface area contributed by atoms with E-state index in [1.54, 1.807) is 13.8 Å². The number of hydrogen-bond acceptors (Lipinski definition) is 3. The molecule has 0 aromatic heterocycles.